The average molecular weight is 261 g/mol. The van der Waals surface area contributed by atoms with Crippen molar-refractivity contribution in [2.45, 2.75) is 32.7 Å². The molecule has 2 rings (SSSR count). The molecule has 6 nitrogen and oxygen atoms in total. The van der Waals surface area contributed by atoms with Crippen molar-refractivity contribution >= 4 is 17.4 Å². The fraction of sp³-hybridized carbons (Fsp3) is 0.385. The van der Waals surface area contributed by atoms with Crippen molar-refractivity contribution in [1.29, 1.82) is 0 Å². The number of carbonyl (C=O) groups excluding carboxylic acids is 1. The average Bonchev–Trinajstić information content (AvgIpc) is 2.71. The van der Waals surface area contributed by atoms with Crippen LogP contribution >= 0.6 is 0 Å². The van der Waals surface area contributed by atoms with Crippen molar-refractivity contribution in [3.8, 4) is 0 Å². The minimum Gasteiger partial charge on any atom is -0.309 e. The lowest BCUT2D eigenvalue weighted by Crippen LogP contribution is -2.29. The molecule has 1 aliphatic heterocycles. The van der Waals surface area contributed by atoms with Gasteiger partial charge in [-0.1, -0.05) is 19.4 Å². The first-order valence-corrected chi connectivity index (χ1v) is 6.17. The lowest BCUT2D eigenvalue weighted by molar-refractivity contribution is -0.384. The Hall–Kier alpha value is -2.24. The number of nitro benzene ring substituents is 1. The van der Waals surface area contributed by atoms with Crippen LogP contribution in [0, 0.1) is 17.0 Å². The van der Waals surface area contributed by atoms with Gasteiger partial charge in [0.1, 0.15) is 11.9 Å². The van der Waals surface area contributed by atoms with E-state index < -0.39 is 4.92 Å². The van der Waals surface area contributed by atoms with E-state index in [0.29, 0.717) is 17.8 Å². The Kier molecular flexibility index (Phi) is 3.59. The van der Waals surface area contributed by atoms with Crippen LogP contribution in [0.2, 0.25) is 0 Å². The van der Waals surface area contributed by atoms with Gasteiger partial charge in [0, 0.05) is 17.7 Å². The van der Waals surface area contributed by atoms with Gasteiger partial charge < -0.3 is 5.32 Å². The van der Waals surface area contributed by atoms with E-state index in [-0.39, 0.29) is 17.6 Å². The van der Waals surface area contributed by atoms with Crippen LogP contribution in [0.1, 0.15) is 30.9 Å². The summed E-state index contributed by atoms with van der Waals surface area (Å²) in [5, 5.41) is 13.5. The van der Waals surface area contributed by atoms with E-state index in [0.717, 1.165) is 12.0 Å². The van der Waals surface area contributed by atoms with Gasteiger partial charge in [-0.3, -0.25) is 19.9 Å². The van der Waals surface area contributed by atoms with E-state index in [1.165, 1.54) is 12.1 Å². The van der Waals surface area contributed by atoms with Gasteiger partial charge in [-0.25, -0.2) is 0 Å². The number of amides is 1. The third-order valence-electron chi connectivity index (χ3n) is 3.08. The number of aliphatic imine (C=N–C) groups is 1. The molecule has 1 N–H and O–H groups in total. The number of rotatable bonds is 4. The van der Waals surface area contributed by atoms with Gasteiger partial charge in [0.05, 0.1) is 4.92 Å². The van der Waals surface area contributed by atoms with Gasteiger partial charge >= 0.3 is 0 Å². The molecule has 0 fully saturated rings. The first kappa shape index (κ1) is 13.2. The van der Waals surface area contributed by atoms with E-state index in [1.807, 2.05) is 13.8 Å². The summed E-state index contributed by atoms with van der Waals surface area (Å²) in [4.78, 5) is 26.4. The summed E-state index contributed by atoms with van der Waals surface area (Å²) >= 11 is 0. The molecule has 0 spiro atoms. The Morgan fingerprint density at radius 2 is 2.21 bits per heavy atom. The summed E-state index contributed by atoms with van der Waals surface area (Å²) in [5.41, 5.74) is 1.46. The second-order valence-electron chi connectivity index (χ2n) is 4.53. The number of non-ortho nitro benzene ring substituents is 1. The predicted octanol–water partition coefficient (Wildman–Crippen LogP) is 1.95. The quantitative estimate of drug-likeness (QED) is 0.664. The van der Waals surface area contributed by atoms with Crippen LogP contribution in [-0.2, 0) is 4.79 Å². The van der Waals surface area contributed by atoms with Crippen molar-refractivity contribution < 1.29 is 9.72 Å². The molecule has 1 aliphatic rings. The van der Waals surface area contributed by atoms with Crippen LogP contribution in [0.15, 0.2) is 23.2 Å². The Morgan fingerprint density at radius 3 is 2.84 bits per heavy atom. The second kappa shape index (κ2) is 5.17. The lowest BCUT2D eigenvalue weighted by Gasteiger charge is -2.05. The topological polar surface area (TPSA) is 84.6 Å². The Bertz CT molecular complexity index is 566. The molecule has 1 unspecified atom stereocenters. The van der Waals surface area contributed by atoms with Crippen LogP contribution < -0.4 is 5.32 Å². The van der Waals surface area contributed by atoms with E-state index in [1.54, 1.807) is 6.07 Å². The molecular weight excluding hydrogens is 246 g/mol. The minimum absolute atomic E-state index is 0.00325. The summed E-state index contributed by atoms with van der Waals surface area (Å²) in [6.07, 6.45) is 1.55. The maximum Gasteiger partial charge on any atom is 0.270 e. The molecule has 0 saturated heterocycles. The molecule has 1 aromatic carbocycles. The van der Waals surface area contributed by atoms with Crippen LogP contribution in [0.5, 0.6) is 0 Å². The number of carbonyl (C=O) groups is 1. The number of nitrogens with zero attached hydrogens (tertiary/aromatic N) is 2. The molecule has 6 heteroatoms. The van der Waals surface area contributed by atoms with Crippen LogP contribution in [0.4, 0.5) is 5.69 Å². The number of nitrogens with one attached hydrogen (secondary N) is 1. The van der Waals surface area contributed by atoms with Crippen molar-refractivity contribution in [3.05, 3.63) is 39.4 Å². The first-order chi connectivity index (χ1) is 9.02. The molecule has 1 atom stereocenters. The highest BCUT2D eigenvalue weighted by molar-refractivity contribution is 6.14. The Labute approximate surface area is 110 Å². The van der Waals surface area contributed by atoms with Gasteiger partial charge in [-0.15, -0.1) is 0 Å². The molecule has 19 heavy (non-hydrogen) atoms. The Balaban J connectivity index is 2.37. The van der Waals surface area contributed by atoms with E-state index in [2.05, 4.69) is 10.3 Å². The molecule has 0 aliphatic carbocycles. The zero-order valence-corrected chi connectivity index (χ0v) is 10.8. The number of amidine groups is 1. The van der Waals surface area contributed by atoms with Crippen LogP contribution in [0.3, 0.4) is 0 Å². The number of aryl methyl sites for hydroxylation is 1. The largest absolute Gasteiger partial charge is 0.309 e. The fourth-order valence-corrected chi connectivity index (χ4v) is 2.03. The minimum atomic E-state index is -0.455. The normalized spacial score (nSPS) is 18.1. The smallest absolute Gasteiger partial charge is 0.270 e. The number of nitro groups is 1. The molecule has 1 amide bonds. The second-order valence-corrected chi connectivity index (χ2v) is 4.53. The van der Waals surface area contributed by atoms with Gasteiger partial charge in [0.25, 0.3) is 5.69 Å². The fourth-order valence-electron chi connectivity index (χ4n) is 2.03. The molecule has 0 radical (unpaired) electrons. The molecular formula is C13H15N3O3. The monoisotopic (exact) mass is 261 g/mol. The molecule has 0 saturated carbocycles. The van der Waals surface area contributed by atoms with E-state index in [9.17, 15) is 14.9 Å². The van der Waals surface area contributed by atoms with Crippen LogP contribution in [0.25, 0.3) is 0 Å². The van der Waals surface area contributed by atoms with Gasteiger partial charge in [-0.2, -0.15) is 0 Å². The lowest BCUT2D eigenvalue weighted by atomic mass is 10.1. The molecule has 1 aromatic rings. The standard InChI is InChI=1S/C13H15N3O3/c1-3-4-11-13(17)15-12(14-11)10-7-9(16(18)19)6-5-8(10)2/h5-7,11H,3-4H2,1-2H3,(H,14,15,17). The SMILES string of the molecule is CCCC1N=C(c2cc([N+](=O)[O-])ccc2C)NC1=O. The summed E-state index contributed by atoms with van der Waals surface area (Å²) < 4.78 is 0. The van der Waals surface area contributed by atoms with Crippen molar-refractivity contribution in [3.63, 3.8) is 0 Å². The highest BCUT2D eigenvalue weighted by atomic mass is 16.6. The highest BCUT2D eigenvalue weighted by Crippen LogP contribution is 2.20. The summed E-state index contributed by atoms with van der Waals surface area (Å²) in [7, 11) is 0. The molecule has 1 heterocycles. The van der Waals surface area contributed by atoms with Crippen LogP contribution in [-0.4, -0.2) is 22.7 Å². The van der Waals surface area contributed by atoms with Gasteiger partial charge in [0.2, 0.25) is 5.91 Å². The summed E-state index contributed by atoms with van der Waals surface area (Å²) in [5.74, 6) is 0.299. The highest BCUT2D eigenvalue weighted by Gasteiger charge is 2.27. The molecule has 0 bridgehead atoms. The van der Waals surface area contributed by atoms with Gasteiger partial charge in [-0.05, 0) is 18.9 Å². The Morgan fingerprint density at radius 1 is 1.47 bits per heavy atom. The van der Waals surface area contributed by atoms with Crippen molar-refractivity contribution in [2.75, 3.05) is 0 Å². The van der Waals surface area contributed by atoms with Gasteiger partial charge in [0.15, 0.2) is 0 Å². The van der Waals surface area contributed by atoms with E-state index >= 15 is 0 Å². The predicted molar refractivity (Wildman–Crippen MR) is 71.2 cm³/mol. The third kappa shape index (κ3) is 2.62. The number of benzene rings is 1. The maximum atomic E-state index is 11.7. The third-order valence-corrected chi connectivity index (χ3v) is 3.08. The molecule has 0 aromatic heterocycles. The van der Waals surface area contributed by atoms with Crippen molar-refractivity contribution in [1.82, 2.24) is 5.32 Å². The number of hydrogen-bond donors (Lipinski definition) is 1. The zero-order valence-electron chi connectivity index (χ0n) is 10.8. The number of hydrogen-bond acceptors (Lipinski definition) is 4. The molecule has 100 valence electrons. The summed E-state index contributed by atoms with van der Waals surface area (Å²) in [6.45, 7) is 3.82. The van der Waals surface area contributed by atoms with E-state index in [4.69, 9.17) is 0 Å². The zero-order chi connectivity index (χ0) is 14.0. The first-order valence-electron chi connectivity index (χ1n) is 6.17. The maximum absolute atomic E-state index is 11.7. The summed E-state index contributed by atoms with van der Waals surface area (Å²) in [6, 6.07) is 4.18. The van der Waals surface area contributed by atoms with Crippen molar-refractivity contribution in [2.24, 2.45) is 4.99 Å².